The van der Waals surface area contributed by atoms with Crippen molar-refractivity contribution in [3.63, 3.8) is 0 Å². The van der Waals surface area contributed by atoms with E-state index in [1.807, 2.05) is 36.4 Å². The number of hydrogen-bond acceptors (Lipinski definition) is 6. The zero-order valence-electron chi connectivity index (χ0n) is 16.0. The van der Waals surface area contributed by atoms with E-state index >= 15 is 0 Å². The van der Waals surface area contributed by atoms with E-state index in [4.69, 9.17) is 0 Å². The van der Waals surface area contributed by atoms with E-state index in [0.29, 0.717) is 26.2 Å². The van der Waals surface area contributed by atoms with Crippen molar-refractivity contribution in [2.75, 3.05) is 26.2 Å². The summed E-state index contributed by atoms with van der Waals surface area (Å²) in [4.78, 5) is 4.12. The van der Waals surface area contributed by atoms with Gasteiger partial charge in [0.05, 0.1) is 24.4 Å². The summed E-state index contributed by atoms with van der Waals surface area (Å²) in [6.45, 7) is 3.86. The summed E-state index contributed by atoms with van der Waals surface area (Å²) in [6.07, 6.45) is -2.34. The first-order chi connectivity index (χ1) is 13.5. The molecule has 6 heteroatoms. The smallest absolute Gasteiger partial charge is 0.0938 e. The Kier molecular flexibility index (Phi) is 7.56. The van der Waals surface area contributed by atoms with Gasteiger partial charge in [-0.25, -0.2) is 0 Å². The Hall–Kier alpha value is -1.80. The van der Waals surface area contributed by atoms with Crippen molar-refractivity contribution in [2.24, 2.45) is 0 Å². The molecule has 2 aliphatic heterocycles. The number of nitrogens with zero attached hydrogens (tertiary/aromatic N) is 2. The fourth-order valence-corrected chi connectivity index (χ4v) is 3.64. The van der Waals surface area contributed by atoms with E-state index in [0.717, 1.165) is 13.1 Å². The number of rotatable bonds is 4. The molecule has 4 rings (SSSR count). The molecule has 0 bridgehead atoms. The zero-order chi connectivity index (χ0) is 19.9. The van der Waals surface area contributed by atoms with Crippen LogP contribution in [0.4, 0.5) is 0 Å². The van der Waals surface area contributed by atoms with Gasteiger partial charge < -0.3 is 20.4 Å². The fourth-order valence-electron chi connectivity index (χ4n) is 3.64. The number of benzene rings is 2. The third kappa shape index (κ3) is 6.10. The van der Waals surface area contributed by atoms with E-state index in [1.54, 1.807) is 0 Å². The van der Waals surface area contributed by atoms with Gasteiger partial charge in [0.25, 0.3) is 0 Å². The number of aliphatic hydroxyl groups is 4. The molecule has 0 aliphatic carbocycles. The quantitative estimate of drug-likeness (QED) is 0.610. The third-order valence-electron chi connectivity index (χ3n) is 5.17. The molecule has 6 nitrogen and oxygen atoms in total. The Morgan fingerprint density at radius 3 is 1.11 bits per heavy atom. The SMILES string of the molecule is O[C@@H]1CN(Cc2ccccc2)C[C@H]1O.O[C@H]1CN(Cc2ccccc2)C[C@@H]1O. The first kappa shape index (κ1) is 20.9. The van der Waals surface area contributed by atoms with Crippen LogP contribution in [0.5, 0.6) is 0 Å². The summed E-state index contributed by atoms with van der Waals surface area (Å²) in [5.74, 6) is 0. The molecule has 2 aromatic rings. The van der Waals surface area contributed by atoms with Crippen LogP contribution in [0.1, 0.15) is 11.1 Å². The lowest BCUT2D eigenvalue weighted by Gasteiger charge is -2.14. The zero-order valence-corrected chi connectivity index (χ0v) is 16.0. The van der Waals surface area contributed by atoms with Gasteiger partial charge in [-0.15, -0.1) is 0 Å². The van der Waals surface area contributed by atoms with Gasteiger partial charge in [-0.2, -0.15) is 0 Å². The first-order valence-electron chi connectivity index (χ1n) is 9.76. The van der Waals surface area contributed by atoms with Gasteiger partial charge >= 0.3 is 0 Å². The van der Waals surface area contributed by atoms with Gasteiger partial charge in [-0.3, -0.25) is 9.80 Å². The minimum Gasteiger partial charge on any atom is -0.389 e. The maximum atomic E-state index is 9.35. The van der Waals surface area contributed by atoms with Crippen molar-refractivity contribution in [3.05, 3.63) is 71.8 Å². The molecule has 0 amide bonds. The second kappa shape index (κ2) is 10.1. The van der Waals surface area contributed by atoms with Crippen molar-refractivity contribution in [1.29, 1.82) is 0 Å². The van der Waals surface area contributed by atoms with E-state index in [9.17, 15) is 20.4 Å². The van der Waals surface area contributed by atoms with Crippen molar-refractivity contribution < 1.29 is 20.4 Å². The highest BCUT2D eigenvalue weighted by atomic mass is 16.3. The van der Waals surface area contributed by atoms with Crippen LogP contribution in [0.15, 0.2) is 60.7 Å². The van der Waals surface area contributed by atoms with Crippen molar-refractivity contribution in [1.82, 2.24) is 9.80 Å². The standard InChI is InChI=1S/2C11H15NO2/c2*13-10-7-12(8-11(10)14)6-9-4-2-1-3-5-9/h2*1-5,10-11,13-14H,6-8H2/t2*10-,11-/m10/s1. The summed E-state index contributed by atoms with van der Waals surface area (Å²) < 4.78 is 0. The average Bonchev–Trinajstić information content (AvgIpc) is 3.17. The number of aliphatic hydroxyl groups excluding tert-OH is 4. The van der Waals surface area contributed by atoms with Gasteiger partial charge in [0.15, 0.2) is 0 Å². The summed E-state index contributed by atoms with van der Waals surface area (Å²) >= 11 is 0. The predicted molar refractivity (Wildman–Crippen MR) is 107 cm³/mol. The average molecular weight is 386 g/mol. The number of β-amino-alcohol motifs (C(OH)–C–C–N with tert-alkyl or cyclic N) is 4. The molecule has 4 atom stereocenters. The van der Waals surface area contributed by atoms with Gasteiger partial charge in [0.1, 0.15) is 0 Å². The molecular formula is C22H30N2O4. The molecule has 0 spiro atoms. The van der Waals surface area contributed by atoms with Crippen LogP contribution in [0.3, 0.4) is 0 Å². The lowest BCUT2D eigenvalue weighted by atomic mass is 10.2. The van der Waals surface area contributed by atoms with Gasteiger partial charge in [-0.05, 0) is 11.1 Å². The molecule has 2 heterocycles. The topological polar surface area (TPSA) is 87.4 Å². The molecule has 2 fully saturated rings. The second-order valence-electron chi connectivity index (χ2n) is 7.63. The number of hydrogen-bond donors (Lipinski definition) is 4. The Bertz CT molecular complexity index is 619. The predicted octanol–water partition coefficient (Wildman–Crippen LogP) is 0.448. The first-order valence-corrected chi connectivity index (χ1v) is 9.76. The summed E-state index contributed by atoms with van der Waals surface area (Å²) in [6, 6.07) is 20.2. The Balaban J connectivity index is 0.000000161. The highest BCUT2D eigenvalue weighted by Crippen LogP contribution is 2.14. The van der Waals surface area contributed by atoms with Gasteiger partial charge in [0.2, 0.25) is 0 Å². The monoisotopic (exact) mass is 386 g/mol. The van der Waals surface area contributed by atoms with Crippen LogP contribution in [-0.2, 0) is 13.1 Å². The minimum absolute atomic E-state index is 0.566. The Labute approximate surface area is 166 Å². The molecule has 0 aromatic heterocycles. The van der Waals surface area contributed by atoms with E-state index in [1.165, 1.54) is 11.1 Å². The lowest BCUT2D eigenvalue weighted by molar-refractivity contribution is 0.0572. The maximum absolute atomic E-state index is 9.35. The van der Waals surface area contributed by atoms with Crippen LogP contribution < -0.4 is 0 Å². The third-order valence-corrected chi connectivity index (χ3v) is 5.17. The Morgan fingerprint density at radius 1 is 0.536 bits per heavy atom. The molecular weight excluding hydrogens is 356 g/mol. The molecule has 4 N–H and O–H groups in total. The largest absolute Gasteiger partial charge is 0.389 e. The molecule has 28 heavy (non-hydrogen) atoms. The van der Waals surface area contributed by atoms with Gasteiger partial charge in [-0.1, -0.05) is 60.7 Å². The summed E-state index contributed by atoms with van der Waals surface area (Å²) in [5, 5.41) is 37.4. The molecule has 152 valence electrons. The summed E-state index contributed by atoms with van der Waals surface area (Å²) in [5.41, 5.74) is 2.43. The molecule has 0 radical (unpaired) electrons. The Morgan fingerprint density at radius 2 is 0.821 bits per heavy atom. The van der Waals surface area contributed by atoms with Crippen LogP contribution in [0.25, 0.3) is 0 Å². The van der Waals surface area contributed by atoms with Crippen LogP contribution in [-0.4, -0.2) is 80.8 Å². The van der Waals surface area contributed by atoms with E-state index < -0.39 is 24.4 Å². The van der Waals surface area contributed by atoms with Crippen molar-refractivity contribution in [2.45, 2.75) is 37.5 Å². The minimum atomic E-state index is -0.585. The second-order valence-corrected chi connectivity index (χ2v) is 7.63. The lowest BCUT2D eigenvalue weighted by Crippen LogP contribution is -2.22. The van der Waals surface area contributed by atoms with Gasteiger partial charge in [0, 0.05) is 39.3 Å². The number of likely N-dealkylation sites (tertiary alicyclic amines) is 2. The van der Waals surface area contributed by atoms with Crippen molar-refractivity contribution >= 4 is 0 Å². The molecule has 2 aliphatic rings. The maximum Gasteiger partial charge on any atom is 0.0938 e. The molecule has 2 aromatic carbocycles. The molecule has 0 saturated carbocycles. The van der Waals surface area contributed by atoms with Crippen molar-refractivity contribution in [3.8, 4) is 0 Å². The fraction of sp³-hybridized carbons (Fsp3) is 0.455. The van der Waals surface area contributed by atoms with Crippen LogP contribution in [0.2, 0.25) is 0 Å². The van der Waals surface area contributed by atoms with E-state index in [-0.39, 0.29) is 0 Å². The normalized spacial score (nSPS) is 28.1. The van der Waals surface area contributed by atoms with Crippen LogP contribution >= 0.6 is 0 Å². The molecule has 2 saturated heterocycles. The van der Waals surface area contributed by atoms with Crippen LogP contribution in [0, 0.1) is 0 Å². The molecule has 0 unspecified atom stereocenters. The summed E-state index contributed by atoms with van der Waals surface area (Å²) in [7, 11) is 0. The van der Waals surface area contributed by atoms with E-state index in [2.05, 4.69) is 34.1 Å². The highest BCUT2D eigenvalue weighted by Gasteiger charge is 2.29. The highest BCUT2D eigenvalue weighted by molar-refractivity contribution is 5.15.